The van der Waals surface area contributed by atoms with Crippen molar-refractivity contribution in [2.75, 3.05) is 26.4 Å². The minimum absolute atomic E-state index is 0.0186. The summed E-state index contributed by atoms with van der Waals surface area (Å²) in [4.78, 5) is 24.1. The molecule has 232 valence electrons. The molecular formula is C32H52N2O7. The molecule has 0 N–H and O–H groups in total. The standard InChI is InChI=1S/C32H52N2O7/c35-33(36)29(25-13-5-1-6-14-25)31(27-17-9-3-10-18-27)40-23-21-39-22-24-41-32(28-19-11-4-12-20-28)30(34(37)38)26-15-7-2-8-16-26/h25-28H,1-24H2. The molecule has 9 nitrogen and oxygen atoms in total. The second-order valence-electron chi connectivity index (χ2n) is 12.7. The van der Waals surface area contributed by atoms with Crippen molar-refractivity contribution >= 4 is 0 Å². The van der Waals surface area contributed by atoms with E-state index >= 15 is 0 Å². The quantitative estimate of drug-likeness (QED) is 0.0883. The molecule has 0 aromatic carbocycles. The van der Waals surface area contributed by atoms with Crippen LogP contribution in [0.1, 0.15) is 128 Å². The van der Waals surface area contributed by atoms with Gasteiger partial charge in [0.05, 0.1) is 34.9 Å². The molecule has 0 aromatic heterocycles. The third-order valence-corrected chi connectivity index (χ3v) is 9.80. The Labute approximate surface area is 245 Å². The van der Waals surface area contributed by atoms with E-state index in [-0.39, 0.29) is 46.7 Å². The minimum atomic E-state index is -0.174. The summed E-state index contributed by atoms with van der Waals surface area (Å²) in [7, 11) is 0. The van der Waals surface area contributed by atoms with Gasteiger partial charge in [-0.25, -0.2) is 0 Å². The van der Waals surface area contributed by atoms with Gasteiger partial charge in [0.25, 0.3) is 11.4 Å². The molecule has 0 heterocycles. The van der Waals surface area contributed by atoms with E-state index in [2.05, 4.69) is 0 Å². The highest BCUT2D eigenvalue weighted by Crippen LogP contribution is 2.40. The van der Waals surface area contributed by atoms with Crippen LogP contribution in [0.2, 0.25) is 0 Å². The van der Waals surface area contributed by atoms with Gasteiger partial charge in [-0.15, -0.1) is 0 Å². The summed E-state index contributed by atoms with van der Waals surface area (Å²) in [5, 5.41) is 24.5. The molecule has 0 aliphatic heterocycles. The first kappa shape index (κ1) is 31.8. The molecule has 0 amide bonds. The molecule has 41 heavy (non-hydrogen) atoms. The van der Waals surface area contributed by atoms with Gasteiger partial charge in [0, 0.05) is 11.8 Å². The lowest BCUT2D eigenvalue weighted by Gasteiger charge is -2.28. The lowest BCUT2D eigenvalue weighted by atomic mass is 9.82. The van der Waals surface area contributed by atoms with Crippen molar-refractivity contribution < 1.29 is 24.1 Å². The lowest BCUT2D eigenvalue weighted by molar-refractivity contribution is -0.438. The smallest absolute Gasteiger partial charge is 0.286 e. The minimum Gasteiger partial charge on any atom is -0.488 e. The van der Waals surface area contributed by atoms with Gasteiger partial charge in [0.1, 0.15) is 13.2 Å². The summed E-state index contributed by atoms with van der Waals surface area (Å²) >= 11 is 0. The highest BCUT2D eigenvalue weighted by atomic mass is 16.6. The Morgan fingerprint density at radius 1 is 0.463 bits per heavy atom. The van der Waals surface area contributed by atoms with E-state index in [1.54, 1.807) is 0 Å². The fourth-order valence-electron chi connectivity index (χ4n) is 7.69. The molecule has 0 saturated heterocycles. The molecule has 4 rings (SSSR count). The van der Waals surface area contributed by atoms with E-state index in [0.717, 1.165) is 116 Å². The molecular weight excluding hydrogens is 524 g/mol. The first-order valence-electron chi connectivity index (χ1n) is 16.7. The lowest BCUT2D eigenvalue weighted by Crippen LogP contribution is -2.24. The van der Waals surface area contributed by atoms with Crippen molar-refractivity contribution in [1.29, 1.82) is 0 Å². The second-order valence-corrected chi connectivity index (χ2v) is 12.7. The average Bonchev–Trinajstić information content (AvgIpc) is 3.00. The van der Waals surface area contributed by atoms with Gasteiger partial charge in [-0.1, -0.05) is 77.0 Å². The summed E-state index contributed by atoms with van der Waals surface area (Å²) in [6.07, 6.45) is 20.4. The van der Waals surface area contributed by atoms with Crippen molar-refractivity contribution in [2.24, 2.45) is 23.7 Å². The van der Waals surface area contributed by atoms with Crippen LogP contribution >= 0.6 is 0 Å². The average molecular weight is 577 g/mol. The molecule has 0 spiro atoms. The van der Waals surface area contributed by atoms with Crippen LogP contribution in [0.25, 0.3) is 0 Å². The first-order chi connectivity index (χ1) is 20.1. The Balaban J connectivity index is 1.34. The van der Waals surface area contributed by atoms with E-state index in [4.69, 9.17) is 14.2 Å². The molecule has 0 unspecified atom stereocenters. The van der Waals surface area contributed by atoms with Crippen molar-refractivity contribution in [3.05, 3.63) is 43.1 Å². The van der Waals surface area contributed by atoms with Gasteiger partial charge in [-0.3, -0.25) is 20.2 Å². The van der Waals surface area contributed by atoms with E-state index in [1.807, 2.05) is 0 Å². The topological polar surface area (TPSA) is 114 Å². The van der Waals surface area contributed by atoms with Crippen molar-refractivity contribution in [3.8, 4) is 0 Å². The number of nitrogens with zero attached hydrogens (tertiary/aromatic N) is 2. The Hall–Kier alpha value is -2.16. The third-order valence-electron chi connectivity index (χ3n) is 9.80. The Morgan fingerprint density at radius 2 is 0.756 bits per heavy atom. The number of nitro groups is 2. The van der Waals surface area contributed by atoms with E-state index in [1.165, 1.54) is 12.8 Å². The van der Waals surface area contributed by atoms with Crippen LogP contribution in [0, 0.1) is 43.9 Å². The summed E-state index contributed by atoms with van der Waals surface area (Å²) in [6.45, 7) is 1.15. The van der Waals surface area contributed by atoms with Gasteiger partial charge in [-0.05, 0) is 51.4 Å². The normalized spacial score (nSPS) is 23.4. The van der Waals surface area contributed by atoms with Crippen molar-refractivity contribution in [1.82, 2.24) is 0 Å². The number of allylic oxidation sites excluding steroid dienone is 4. The van der Waals surface area contributed by atoms with Gasteiger partial charge in [0.2, 0.25) is 0 Å². The van der Waals surface area contributed by atoms with Gasteiger partial charge >= 0.3 is 0 Å². The zero-order valence-corrected chi connectivity index (χ0v) is 25.0. The molecule has 0 bridgehead atoms. The zero-order chi connectivity index (χ0) is 28.9. The number of rotatable bonds is 14. The summed E-state index contributed by atoms with van der Waals surface area (Å²) in [5.74, 6) is 1.42. The Kier molecular flexibility index (Phi) is 13.2. The molecule has 0 aromatic rings. The summed E-state index contributed by atoms with van der Waals surface area (Å²) in [5.41, 5.74) is 0.634. The van der Waals surface area contributed by atoms with Gasteiger partial charge in [-0.2, -0.15) is 0 Å². The van der Waals surface area contributed by atoms with Crippen LogP contribution in [0.5, 0.6) is 0 Å². The fourth-order valence-corrected chi connectivity index (χ4v) is 7.69. The fraction of sp³-hybridized carbons (Fsp3) is 0.875. The summed E-state index contributed by atoms with van der Waals surface area (Å²) in [6, 6.07) is 0. The monoisotopic (exact) mass is 576 g/mol. The number of hydrogen-bond acceptors (Lipinski definition) is 7. The van der Waals surface area contributed by atoms with Crippen molar-refractivity contribution in [2.45, 2.75) is 128 Å². The molecule has 4 aliphatic carbocycles. The Bertz CT molecular complexity index is 822. The third kappa shape index (κ3) is 9.42. The second kappa shape index (κ2) is 17.1. The zero-order valence-electron chi connectivity index (χ0n) is 25.0. The number of hydrogen-bond donors (Lipinski definition) is 0. The maximum atomic E-state index is 12.2. The highest BCUT2D eigenvalue weighted by molar-refractivity contribution is 5.11. The van der Waals surface area contributed by atoms with Crippen LogP contribution in [-0.4, -0.2) is 36.3 Å². The van der Waals surface area contributed by atoms with Crippen LogP contribution in [0.4, 0.5) is 0 Å². The SMILES string of the molecule is O=[N+]([O-])C(=C(OCCOCCOC(=C(C1CCCCC1)[N+](=O)[O-])C1CCCCC1)C1CCCCC1)C1CCCCC1. The molecule has 0 atom stereocenters. The Morgan fingerprint density at radius 3 is 1.05 bits per heavy atom. The molecule has 4 aliphatic rings. The van der Waals surface area contributed by atoms with E-state index in [9.17, 15) is 20.2 Å². The predicted molar refractivity (Wildman–Crippen MR) is 157 cm³/mol. The maximum Gasteiger partial charge on any atom is 0.286 e. The van der Waals surface area contributed by atoms with Crippen LogP contribution in [-0.2, 0) is 14.2 Å². The van der Waals surface area contributed by atoms with Crippen LogP contribution < -0.4 is 0 Å². The van der Waals surface area contributed by atoms with E-state index < -0.39 is 0 Å². The first-order valence-corrected chi connectivity index (χ1v) is 16.7. The molecule has 0 radical (unpaired) electrons. The van der Waals surface area contributed by atoms with Crippen LogP contribution in [0.3, 0.4) is 0 Å². The number of ether oxygens (including phenoxy) is 3. The van der Waals surface area contributed by atoms with Crippen molar-refractivity contribution in [3.63, 3.8) is 0 Å². The molecule has 4 saturated carbocycles. The van der Waals surface area contributed by atoms with Crippen LogP contribution in [0.15, 0.2) is 22.9 Å². The highest BCUT2D eigenvalue weighted by Gasteiger charge is 2.37. The molecule has 9 heteroatoms. The van der Waals surface area contributed by atoms with Gasteiger partial charge in [0.15, 0.2) is 11.5 Å². The van der Waals surface area contributed by atoms with Gasteiger partial charge < -0.3 is 14.2 Å². The summed E-state index contributed by atoms with van der Waals surface area (Å²) < 4.78 is 18.3. The van der Waals surface area contributed by atoms with E-state index in [0.29, 0.717) is 36.1 Å². The maximum absolute atomic E-state index is 12.2. The molecule has 4 fully saturated rings. The predicted octanol–water partition coefficient (Wildman–Crippen LogP) is 8.33. The largest absolute Gasteiger partial charge is 0.488 e.